The predicted molar refractivity (Wildman–Crippen MR) is 59.8 cm³/mol. The summed E-state index contributed by atoms with van der Waals surface area (Å²) in [6, 6.07) is 0. The lowest BCUT2D eigenvalue weighted by molar-refractivity contribution is -0.980. The molecule has 6 heteroatoms. The van der Waals surface area contributed by atoms with Gasteiger partial charge in [0.25, 0.3) is 0 Å². The summed E-state index contributed by atoms with van der Waals surface area (Å²) in [6.45, 7) is 8.64. The number of quaternary nitrogens is 1. The SMILES string of the molecule is ClCCCC[N+]12CN3CN(CN(C3)C1)C2.[Cl-]. The molecular formula is C10H20Cl2N4. The Labute approximate surface area is 109 Å². The van der Waals surface area contributed by atoms with Crippen molar-refractivity contribution in [3.63, 3.8) is 0 Å². The molecule has 4 aliphatic rings. The van der Waals surface area contributed by atoms with Crippen molar-refractivity contribution >= 4 is 11.6 Å². The van der Waals surface area contributed by atoms with Crippen LogP contribution in [0.2, 0.25) is 0 Å². The maximum absolute atomic E-state index is 5.75. The summed E-state index contributed by atoms with van der Waals surface area (Å²) in [7, 11) is 0. The Kier molecular flexibility index (Phi) is 3.99. The van der Waals surface area contributed by atoms with Gasteiger partial charge in [0.2, 0.25) is 0 Å². The molecule has 16 heavy (non-hydrogen) atoms. The van der Waals surface area contributed by atoms with Crippen LogP contribution in [-0.4, -0.2) is 71.6 Å². The third kappa shape index (κ3) is 2.33. The van der Waals surface area contributed by atoms with Crippen molar-refractivity contribution in [2.45, 2.75) is 12.8 Å². The fourth-order valence-electron chi connectivity index (χ4n) is 3.41. The van der Waals surface area contributed by atoms with Crippen molar-refractivity contribution < 1.29 is 16.9 Å². The van der Waals surface area contributed by atoms with Crippen molar-refractivity contribution in [1.29, 1.82) is 0 Å². The minimum Gasteiger partial charge on any atom is -1.00 e. The van der Waals surface area contributed by atoms with Gasteiger partial charge in [0.15, 0.2) is 0 Å². The summed E-state index contributed by atoms with van der Waals surface area (Å²) in [4.78, 5) is 7.70. The largest absolute Gasteiger partial charge is 1.00 e. The predicted octanol–water partition coefficient (Wildman–Crippen LogP) is -2.48. The minimum atomic E-state index is 0. The Morgan fingerprint density at radius 3 is 1.81 bits per heavy atom. The third-order valence-corrected chi connectivity index (χ3v) is 3.98. The van der Waals surface area contributed by atoms with Crippen molar-refractivity contribution in [2.75, 3.05) is 52.4 Å². The van der Waals surface area contributed by atoms with Crippen LogP contribution in [0.5, 0.6) is 0 Å². The number of alkyl halides is 1. The highest BCUT2D eigenvalue weighted by Crippen LogP contribution is 2.28. The molecule has 0 saturated carbocycles. The van der Waals surface area contributed by atoms with E-state index in [1.54, 1.807) is 0 Å². The van der Waals surface area contributed by atoms with Crippen LogP contribution in [0.1, 0.15) is 12.8 Å². The van der Waals surface area contributed by atoms with Gasteiger partial charge in [0, 0.05) is 5.88 Å². The summed E-state index contributed by atoms with van der Waals surface area (Å²) >= 11 is 5.75. The van der Waals surface area contributed by atoms with Crippen LogP contribution in [-0.2, 0) is 0 Å². The monoisotopic (exact) mass is 266 g/mol. The van der Waals surface area contributed by atoms with Gasteiger partial charge in [-0.05, 0) is 12.8 Å². The molecule has 0 aromatic carbocycles. The topological polar surface area (TPSA) is 9.72 Å². The van der Waals surface area contributed by atoms with Gasteiger partial charge in [-0.2, -0.15) is 0 Å². The highest BCUT2D eigenvalue weighted by atomic mass is 35.5. The maximum atomic E-state index is 5.75. The number of nitrogens with zero attached hydrogens (tertiary/aromatic N) is 4. The van der Waals surface area contributed by atoms with Crippen LogP contribution in [0.3, 0.4) is 0 Å². The molecule has 0 atom stereocenters. The van der Waals surface area contributed by atoms with Gasteiger partial charge in [-0.25, -0.2) is 14.7 Å². The third-order valence-electron chi connectivity index (χ3n) is 3.72. The Bertz CT molecular complexity index is 214. The van der Waals surface area contributed by atoms with Gasteiger partial charge in [-0.3, -0.25) is 4.48 Å². The zero-order valence-corrected chi connectivity index (χ0v) is 11.1. The lowest BCUT2D eigenvalue weighted by Gasteiger charge is -2.60. The van der Waals surface area contributed by atoms with Crippen molar-refractivity contribution in [1.82, 2.24) is 14.7 Å². The standard InChI is InChI=1S/C10H20ClN4.ClH/c11-3-1-2-4-15-8-12-5-13(9-15)7-14(6-12)10-15;/h1-10H2;1H/q+1;/p-1. The zero-order valence-electron chi connectivity index (χ0n) is 9.62. The smallest absolute Gasteiger partial charge is 0.139 e. The molecule has 4 bridgehead atoms. The van der Waals surface area contributed by atoms with E-state index in [0.717, 1.165) is 5.88 Å². The second kappa shape index (κ2) is 4.96. The molecule has 94 valence electrons. The first kappa shape index (κ1) is 12.9. The van der Waals surface area contributed by atoms with Crippen LogP contribution in [0, 0.1) is 0 Å². The van der Waals surface area contributed by atoms with Crippen LogP contribution in [0.4, 0.5) is 0 Å². The van der Waals surface area contributed by atoms with E-state index in [0.29, 0.717) is 0 Å². The van der Waals surface area contributed by atoms with E-state index in [1.165, 1.54) is 63.9 Å². The van der Waals surface area contributed by atoms with Crippen molar-refractivity contribution in [3.05, 3.63) is 0 Å². The molecule has 4 fully saturated rings. The van der Waals surface area contributed by atoms with Crippen LogP contribution in [0.15, 0.2) is 0 Å². The minimum absolute atomic E-state index is 0. The van der Waals surface area contributed by atoms with Crippen molar-refractivity contribution in [3.8, 4) is 0 Å². The number of hydrogen-bond acceptors (Lipinski definition) is 3. The van der Waals surface area contributed by atoms with Gasteiger partial charge >= 0.3 is 0 Å². The second-order valence-corrected chi connectivity index (χ2v) is 5.70. The van der Waals surface area contributed by atoms with E-state index in [-0.39, 0.29) is 12.4 Å². The van der Waals surface area contributed by atoms with E-state index < -0.39 is 0 Å². The Hall–Kier alpha value is 0.420. The Morgan fingerprint density at radius 1 is 0.875 bits per heavy atom. The van der Waals surface area contributed by atoms with Crippen LogP contribution in [0.25, 0.3) is 0 Å². The molecule has 4 heterocycles. The molecular weight excluding hydrogens is 247 g/mol. The summed E-state index contributed by atoms with van der Waals surface area (Å²) < 4.78 is 1.26. The molecule has 0 aliphatic carbocycles. The molecule has 4 rings (SSSR count). The molecule has 0 amide bonds. The molecule has 0 aromatic rings. The number of rotatable bonds is 4. The normalized spacial score (nSPS) is 44.4. The van der Waals surface area contributed by atoms with E-state index in [9.17, 15) is 0 Å². The first-order valence-electron chi connectivity index (χ1n) is 5.88. The maximum Gasteiger partial charge on any atom is 0.139 e. The zero-order chi connectivity index (χ0) is 10.3. The fourth-order valence-corrected chi connectivity index (χ4v) is 3.60. The quantitative estimate of drug-likeness (QED) is 0.317. The molecule has 4 saturated heterocycles. The molecule has 0 aromatic heterocycles. The highest BCUT2D eigenvalue weighted by molar-refractivity contribution is 6.17. The number of halogens is 2. The summed E-state index contributed by atoms with van der Waals surface area (Å²) in [6.07, 6.45) is 2.45. The lowest BCUT2D eigenvalue weighted by atomic mass is 10.2. The van der Waals surface area contributed by atoms with Gasteiger partial charge in [-0.1, -0.05) is 0 Å². The molecule has 0 radical (unpaired) electrons. The summed E-state index contributed by atoms with van der Waals surface area (Å²) in [5.41, 5.74) is 0. The second-order valence-electron chi connectivity index (χ2n) is 5.32. The van der Waals surface area contributed by atoms with E-state index >= 15 is 0 Å². The summed E-state index contributed by atoms with van der Waals surface area (Å²) in [5.74, 6) is 0.817. The van der Waals surface area contributed by atoms with Crippen molar-refractivity contribution in [2.24, 2.45) is 0 Å². The molecule has 4 nitrogen and oxygen atoms in total. The van der Waals surface area contributed by atoms with Crippen LogP contribution >= 0.6 is 11.6 Å². The van der Waals surface area contributed by atoms with E-state index in [2.05, 4.69) is 14.7 Å². The molecule has 0 unspecified atom stereocenters. The van der Waals surface area contributed by atoms with Gasteiger partial charge in [0.1, 0.15) is 20.0 Å². The van der Waals surface area contributed by atoms with Gasteiger partial charge in [-0.15, -0.1) is 11.6 Å². The highest BCUT2D eigenvalue weighted by Gasteiger charge is 2.47. The van der Waals surface area contributed by atoms with E-state index in [1.807, 2.05) is 0 Å². The Morgan fingerprint density at radius 2 is 1.38 bits per heavy atom. The summed E-state index contributed by atoms with van der Waals surface area (Å²) in [5, 5.41) is 0. The lowest BCUT2D eigenvalue weighted by Crippen LogP contribution is -3.00. The molecule has 4 aliphatic heterocycles. The fraction of sp³-hybridized carbons (Fsp3) is 1.00. The first-order valence-corrected chi connectivity index (χ1v) is 6.41. The molecule has 0 spiro atoms. The van der Waals surface area contributed by atoms with Gasteiger partial charge in [0.05, 0.1) is 26.6 Å². The van der Waals surface area contributed by atoms with E-state index in [4.69, 9.17) is 11.6 Å². The molecule has 0 N–H and O–H groups in total. The average molecular weight is 267 g/mol. The van der Waals surface area contributed by atoms with Gasteiger partial charge < -0.3 is 12.4 Å². The number of hydrogen-bond donors (Lipinski definition) is 0. The average Bonchev–Trinajstić information content (AvgIpc) is 2.15. The first-order chi connectivity index (χ1) is 7.30. The van der Waals surface area contributed by atoms with Crippen LogP contribution < -0.4 is 12.4 Å². The Balaban J connectivity index is 0.000000963. The number of unbranched alkanes of at least 4 members (excludes halogenated alkanes) is 1.